The number of amides is 2. The Bertz CT molecular complexity index is 2100. The van der Waals surface area contributed by atoms with Gasteiger partial charge in [-0.2, -0.15) is 13.2 Å². The zero-order valence-electron chi connectivity index (χ0n) is 30.4. The van der Waals surface area contributed by atoms with Crippen molar-refractivity contribution in [3.8, 4) is 17.2 Å². The highest BCUT2D eigenvalue weighted by molar-refractivity contribution is 9.10. The number of anilines is 2. The summed E-state index contributed by atoms with van der Waals surface area (Å²) in [6.45, 7) is 3.51. The Kier molecular flexibility index (Phi) is 11.3. The molecule has 54 heavy (non-hydrogen) atoms. The third-order valence-electron chi connectivity index (χ3n) is 9.67. The SMILES string of the molecule is COc1cc(OC)c(C(=O)Nc2cccc3c2CCN(C)C3)cc1Br.COc1ccc(C2(C(F)(F)F)N=N2)cc1C(=O)Nc1cccc2c1CCN(C)C2. The molecule has 2 amide bonds. The van der Waals surface area contributed by atoms with Crippen LogP contribution in [0.1, 0.15) is 48.5 Å². The smallest absolute Gasteiger partial charge is 0.442 e. The fraction of sp³-hybridized carbons (Fsp3) is 0.333. The Morgan fingerprint density at radius 3 is 1.69 bits per heavy atom. The molecule has 3 aliphatic heterocycles. The third-order valence-corrected chi connectivity index (χ3v) is 10.3. The van der Waals surface area contributed by atoms with Crippen LogP contribution in [0.2, 0.25) is 0 Å². The molecule has 0 unspecified atom stereocenters. The Balaban J connectivity index is 0.000000186. The summed E-state index contributed by atoms with van der Waals surface area (Å²) in [7, 11) is 8.60. The Labute approximate surface area is 319 Å². The van der Waals surface area contributed by atoms with Crippen molar-refractivity contribution in [2.24, 2.45) is 10.2 Å². The third kappa shape index (κ3) is 7.93. The van der Waals surface area contributed by atoms with Crippen LogP contribution in [-0.2, 0) is 31.6 Å². The van der Waals surface area contributed by atoms with E-state index in [0.29, 0.717) is 27.2 Å². The van der Waals surface area contributed by atoms with E-state index in [1.54, 1.807) is 32.4 Å². The van der Waals surface area contributed by atoms with Gasteiger partial charge in [0, 0.05) is 49.2 Å². The first-order chi connectivity index (χ1) is 25.8. The molecule has 4 aromatic carbocycles. The Morgan fingerprint density at radius 1 is 0.722 bits per heavy atom. The molecule has 0 saturated heterocycles. The monoisotopic (exact) mass is 808 g/mol. The van der Waals surface area contributed by atoms with Crippen LogP contribution < -0.4 is 24.8 Å². The van der Waals surface area contributed by atoms with E-state index in [1.807, 2.05) is 31.3 Å². The zero-order valence-corrected chi connectivity index (χ0v) is 32.0. The van der Waals surface area contributed by atoms with Crippen LogP contribution in [0.3, 0.4) is 0 Å². The lowest BCUT2D eigenvalue weighted by atomic mass is 9.97. The van der Waals surface area contributed by atoms with Gasteiger partial charge in [0.2, 0.25) is 0 Å². The van der Waals surface area contributed by atoms with Crippen LogP contribution in [0, 0.1) is 0 Å². The molecule has 0 saturated carbocycles. The maximum atomic E-state index is 13.3. The average Bonchev–Trinajstić information content (AvgIpc) is 3.98. The standard InChI is InChI=1S/C20H19F3N4O2.C19H21BrN2O3/c1-27-9-8-14-12(11-27)4-3-5-16(14)24-18(28)15-10-13(6-7-17(15)29-2)19(25-26-19)20(21,22)23;1-22-8-7-13-12(11-22)5-4-6-16(13)21-19(23)14-9-15(20)18(25-3)10-17(14)24-2/h3-7,10H,8-9,11H2,1-2H3,(H,24,28);4-6,9-10H,7-8,11H2,1-3H3,(H,21,23). The number of rotatable bonds is 8. The van der Waals surface area contributed by atoms with Gasteiger partial charge in [0.05, 0.1) is 36.9 Å². The number of alkyl halides is 3. The molecular weight excluding hydrogens is 769 g/mol. The van der Waals surface area contributed by atoms with E-state index >= 15 is 0 Å². The van der Waals surface area contributed by atoms with E-state index in [1.165, 1.54) is 30.4 Å². The van der Waals surface area contributed by atoms with Gasteiger partial charge in [0.25, 0.3) is 11.8 Å². The number of hydrogen-bond acceptors (Lipinski definition) is 9. The number of ether oxygens (including phenoxy) is 3. The Hall–Kier alpha value is -4.99. The van der Waals surface area contributed by atoms with Gasteiger partial charge in [-0.1, -0.05) is 30.3 Å². The molecule has 0 aliphatic carbocycles. The van der Waals surface area contributed by atoms with Crippen LogP contribution in [0.5, 0.6) is 17.2 Å². The maximum Gasteiger partial charge on any atom is 0.442 e. The topological polar surface area (TPSA) is 117 Å². The summed E-state index contributed by atoms with van der Waals surface area (Å²) < 4.78 is 56.5. The molecule has 3 aliphatic rings. The first-order valence-electron chi connectivity index (χ1n) is 17.1. The molecule has 3 heterocycles. The van der Waals surface area contributed by atoms with Gasteiger partial charge in [-0.15, -0.1) is 10.2 Å². The number of nitrogens with one attached hydrogen (secondary N) is 2. The molecule has 15 heteroatoms. The lowest BCUT2D eigenvalue weighted by Crippen LogP contribution is -2.30. The van der Waals surface area contributed by atoms with Crippen LogP contribution in [0.25, 0.3) is 0 Å². The summed E-state index contributed by atoms with van der Waals surface area (Å²) in [5.41, 5.74) is 3.78. The molecule has 4 aromatic rings. The van der Waals surface area contributed by atoms with E-state index in [0.717, 1.165) is 61.9 Å². The summed E-state index contributed by atoms with van der Waals surface area (Å²) in [5.74, 6) is 0.519. The molecular formula is C39H40BrF3N6O5. The summed E-state index contributed by atoms with van der Waals surface area (Å²) >= 11 is 3.43. The minimum Gasteiger partial charge on any atom is -0.496 e. The van der Waals surface area contributed by atoms with Gasteiger partial charge in [0.15, 0.2) is 0 Å². The van der Waals surface area contributed by atoms with Crippen molar-refractivity contribution in [2.75, 3.05) is 59.1 Å². The van der Waals surface area contributed by atoms with Gasteiger partial charge in [-0.3, -0.25) is 9.59 Å². The van der Waals surface area contributed by atoms with E-state index < -0.39 is 17.7 Å². The second-order valence-corrected chi connectivity index (χ2v) is 14.1. The predicted octanol–water partition coefficient (Wildman–Crippen LogP) is 7.82. The number of methoxy groups -OCH3 is 3. The van der Waals surface area contributed by atoms with E-state index in [2.05, 4.69) is 59.7 Å². The first kappa shape index (κ1) is 38.7. The number of benzene rings is 4. The van der Waals surface area contributed by atoms with Gasteiger partial charge in [-0.25, -0.2) is 0 Å². The second-order valence-electron chi connectivity index (χ2n) is 13.2. The molecule has 284 valence electrons. The van der Waals surface area contributed by atoms with Crippen molar-refractivity contribution in [1.29, 1.82) is 0 Å². The average molecular weight is 810 g/mol. The number of carbonyl (C=O) groups excluding carboxylic acids is 2. The lowest BCUT2D eigenvalue weighted by Gasteiger charge is -2.27. The fourth-order valence-electron chi connectivity index (χ4n) is 6.70. The molecule has 0 aromatic heterocycles. The number of likely N-dealkylation sites (N-methyl/N-ethyl adjacent to an activating group) is 2. The number of nitrogens with zero attached hydrogens (tertiary/aromatic N) is 4. The van der Waals surface area contributed by atoms with Crippen molar-refractivity contribution in [2.45, 2.75) is 37.8 Å². The number of halogens is 4. The van der Waals surface area contributed by atoms with Crippen LogP contribution in [-0.4, -0.2) is 76.3 Å². The zero-order chi connectivity index (χ0) is 38.8. The largest absolute Gasteiger partial charge is 0.496 e. The molecule has 11 nitrogen and oxygen atoms in total. The van der Waals surface area contributed by atoms with Gasteiger partial charge >= 0.3 is 11.8 Å². The van der Waals surface area contributed by atoms with Crippen LogP contribution >= 0.6 is 15.9 Å². The van der Waals surface area contributed by atoms with Gasteiger partial charge in [-0.05, 0) is 95.5 Å². The molecule has 7 rings (SSSR count). The second kappa shape index (κ2) is 15.8. The fourth-order valence-corrected chi connectivity index (χ4v) is 7.20. The summed E-state index contributed by atoms with van der Waals surface area (Å²) in [6.07, 6.45) is -2.97. The normalized spacial score (nSPS) is 15.9. The number of fused-ring (bicyclic) bond motifs is 2. The minimum atomic E-state index is -4.67. The van der Waals surface area contributed by atoms with Crippen molar-refractivity contribution in [3.63, 3.8) is 0 Å². The number of carbonyl (C=O) groups is 2. The minimum absolute atomic E-state index is 0.00328. The van der Waals surface area contributed by atoms with E-state index in [-0.39, 0.29) is 22.8 Å². The van der Waals surface area contributed by atoms with Crippen molar-refractivity contribution in [1.82, 2.24) is 9.80 Å². The van der Waals surface area contributed by atoms with Gasteiger partial charge in [0.1, 0.15) is 17.2 Å². The molecule has 0 atom stereocenters. The molecule has 0 fully saturated rings. The summed E-state index contributed by atoms with van der Waals surface area (Å²) in [6, 6.07) is 18.8. The molecule has 0 spiro atoms. The predicted molar refractivity (Wildman–Crippen MR) is 202 cm³/mol. The lowest BCUT2D eigenvalue weighted by molar-refractivity contribution is -0.166. The highest BCUT2D eigenvalue weighted by atomic mass is 79.9. The van der Waals surface area contributed by atoms with Crippen molar-refractivity contribution < 1.29 is 37.0 Å². The van der Waals surface area contributed by atoms with E-state index in [4.69, 9.17) is 14.2 Å². The highest BCUT2D eigenvalue weighted by Gasteiger charge is 2.65. The highest BCUT2D eigenvalue weighted by Crippen LogP contribution is 2.53. The van der Waals surface area contributed by atoms with Crippen LogP contribution in [0.4, 0.5) is 24.5 Å². The quantitative estimate of drug-likeness (QED) is 0.187. The van der Waals surface area contributed by atoms with E-state index in [9.17, 15) is 22.8 Å². The van der Waals surface area contributed by atoms with Crippen molar-refractivity contribution in [3.05, 3.63) is 110 Å². The van der Waals surface area contributed by atoms with Crippen LogP contribution in [0.15, 0.2) is 81.4 Å². The molecule has 0 radical (unpaired) electrons. The molecule has 2 N–H and O–H groups in total. The Morgan fingerprint density at radius 2 is 1.22 bits per heavy atom. The van der Waals surface area contributed by atoms with Gasteiger partial charge < -0.3 is 34.6 Å². The summed E-state index contributed by atoms with van der Waals surface area (Å²) in [4.78, 5) is 30.2. The molecule has 0 bridgehead atoms. The first-order valence-corrected chi connectivity index (χ1v) is 17.9. The number of hydrogen-bond donors (Lipinski definition) is 2. The van der Waals surface area contributed by atoms with Crippen molar-refractivity contribution >= 4 is 39.1 Å². The summed E-state index contributed by atoms with van der Waals surface area (Å²) in [5, 5.41) is 12.3. The maximum absolute atomic E-state index is 13.3.